The molecule has 0 heterocycles. The van der Waals surface area contributed by atoms with E-state index in [2.05, 4.69) is 30.2 Å². The molecule has 0 nitrogen and oxygen atoms in total. The molecule has 2 aromatic carbocycles. The average Bonchev–Trinajstić information content (AvgIpc) is 2.27. The van der Waals surface area contributed by atoms with Crippen molar-refractivity contribution >= 4 is 22.5 Å². The van der Waals surface area contributed by atoms with Gasteiger partial charge in [0.1, 0.15) is 0 Å². The van der Waals surface area contributed by atoms with Gasteiger partial charge in [0, 0.05) is 10.5 Å². The molecule has 0 N–H and O–H groups in total. The Morgan fingerprint density at radius 3 is 2.64 bits per heavy atom. The molecular formula is C13H10S. The zero-order valence-corrected chi connectivity index (χ0v) is 8.77. The van der Waals surface area contributed by atoms with Gasteiger partial charge in [-0.1, -0.05) is 36.3 Å². The molecule has 1 heteroatoms. The van der Waals surface area contributed by atoms with Crippen LogP contribution >= 0.6 is 11.8 Å². The number of rotatable bonds is 1. The monoisotopic (exact) mass is 198 g/mol. The molecular weight excluding hydrogens is 188 g/mol. The lowest BCUT2D eigenvalue weighted by molar-refractivity contribution is 1.47. The fourth-order valence-electron chi connectivity index (χ4n) is 1.57. The van der Waals surface area contributed by atoms with Crippen molar-refractivity contribution in [3.8, 4) is 12.3 Å². The van der Waals surface area contributed by atoms with Crippen LogP contribution in [0.5, 0.6) is 0 Å². The highest BCUT2D eigenvalue weighted by molar-refractivity contribution is 7.98. The first-order chi connectivity index (χ1) is 6.86. The fourth-order valence-corrected chi connectivity index (χ4v) is 2.15. The summed E-state index contributed by atoms with van der Waals surface area (Å²) in [5, 5.41) is 2.38. The number of terminal acetylenes is 1. The molecule has 0 bridgehead atoms. The van der Waals surface area contributed by atoms with Gasteiger partial charge >= 0.3 is 0 Å². The quantitative estimate of drug-likeness (QED) is 0.499. The average molecular weight is 198 g/mol. The third kappa shape index (κ3) is 1.38. The number of hydrogen-bond acceptors (Lipinski definition) is 1. The van der Waals surface area contributed by atoms with Crippen molar-refractivity contribution in [1.82, 2.24) is 0 Å². The summed E-state index contributed by atoms with van der Waals surface area (Å²) in [6.07, 6.45) is 7.58. The predicted molar refractivity (Wildman–Crippen MR) is 63.7 cm³/mol. The molecule has 0 saturated heterocycles. The molecule has 0 aliphatic rings. The molecule has 0 fully saturated rings. The van der Waals surface area contributed by atoms with E-state index in [4.69, 9.17) is 6.42 Å². The first-order valence-electron chi connectivity index (χ1n) is 4.39. The van der Waals surface area contributed by atoms with Gasteiger partial charge in [0.2, 0.25) is 0 Å². The summed E-state index contributed by atoms with van der Waals surface area (Å²) >= 11 is 1.69. The van der Waals surface area contributed by atoms with Crippen molar-refractivity contribution in [3.05, 3.63) is 42.0 Å². The lowest BCUT2D eigenvalue weighted by Gasteiger charge is -2.05. The van der Waals surface area contributed by atoms with Crippen LogP contribution in [0.15, 0.2) is 41.3 Å². The maximum Gasteiger partial charge on any atom is 0.0456 e. The highest BCUT2D eigenvalue weighted by Crippen LogP contribution is 2.27. The van der Waals surface area contributed by atoms with Crippen molar-refractivity contribution in [2.24, 2.45) is 0 Å². The Balaban J connectivity index is 2.85. The van der Waals surface area contributed by atoms with Crippen molar-refractivity contribution < 1.29 is 0 Å². The molecule has 0 unspecified atom stereocenters. The molecule has 14 heavy (non-hydrogen) atoms. The second-order valence-electron chi connectivity index (χ2n) is 3.01. The molecule has 0 aliphatic heterocycles. The van der Waals surface area contributed by atoms with E-state index in [-0.39, 0.29) is 0 Å². The Bertz CT molecular complexity index is 506. The summed E-state index contributed by atoms with van der Waals surface area (Å²) in [5.41, 5.74) is 1.01. The van der Waals surface area contributed by atoms with Gasteiger partial charge in [-0.15, -0.1) is 18.2 Å². The SMILES string of the molecule is C#Cc1c(SC)ccc2ccccc12. The number of hydrogen-bond donors (Lipinski definition) is 0. The molecule has 2 aromatic rings. The van der Waals surface area contributed by atoms with E-state index in [1.54, 1.807) is 11.8 Å². The summed E-state index contributed by atoms with van der Waals surface area (Å²) in [6.45, 7) is 0. The summed E-state index contributed by atoms with van der Waals surface area (Å²) in [5.74, 6) is 2.77. The minimum Gasteiger partial charge on any atom is -0.128 e. The van der Waals surface area contributed by atoms with Gasteiger partial charge < -0.3 is 0 Å². The molecule has 0 aromatic heterocycles. The standard InChI is InChI=1S/C13H10S/c1-3-11-12-7-5-4-6-10(12)8-9-13(11)14-2/h1,4-9H,2H3. The minimum absolute atomic E-state index is 1.01. The highest BCUT2D eigenvalue weighted by Gasteiger charge is 2.03. The third-order valence-corrected chi connectivity index (χ3v) is 3.04. The van der Waals surface area contributed by atoms with E-state index in [1.807, 2.05) is 18.4 Å². The van der Waals surface area contributed by atoms with Crippen molar-refractivity contribution in [1.29, 1.82) is 0 Å². The van der Waals surface area contributed by atoms with Gasteiger partial charge in [-0.05, 0) is 23.1 Å². The molecule has 0 saturated carbocycles. The van der Waals surface area contributed by atoms with E-state index >= 15 is 0 Å². The van der Waals surface area contributed by atoms with Crippen LogP contribution in [0.1, 0.15) is 5.56 Å². The number of benzene rings is 2. The summed E-state index contributed by atoms with van der Waals surface area (Å²) in [4.78, 5) is 1.17. The lowest BCUT2D eigenvalue weighted by Crippen LogP contribution is -1.83. The maximum absolute atomic E-state index is 5.53. The normalized spacial score (nSPS) is 10.0. The smallest absolute Gasteiger partial charge is 0.0456 e. The van der Waals surface area contributed by atoms with Gasteiger partial charge in [-0.2, -0.15) is 0 Å². The molecule has 2 rings (SSSR count). The second kappa shape index (κ2) is 3.77. The minimum atomic E-state index is 1.01. The van der Waals surface area contributed by atoms with Crippen LogP contribution in [0.4, 0.5) is 0 Å². The summed E-state index contributed by atoms with van der Waals surface area (Å²) in [7, 11) is 0. The summed E-state index contributed by atoms with van der Waals surface area (Å²) < 4.78 is 0. The van der Waals surface area contributed by atoms with Crippen molar-refractivity contribution in [3.63, 3.8) is 0 Å². The van der Waals surface area contributed by atoms with Crippen LogP contribution < -0.4 is 0 Å². The van der Waals surface area contributed by atoms with Gasteiger partial charge in [0.25, 0.3) is 0 Å². The Morgan fingerprint density at radius 1 is 1.14 bits per heavy atom. The van der Waals surface area contributed by atoms with Gasteiger partial charge in [-0.25, -0.2) is 0 Å². The number of thioether (sulfide) groups is 1. The van der Waals surface area contributed by atoms with E-state index in [1.165, 1.54) is 15.7 Å². The second-order valence-corrected chi connectivity index (χ2v) is 3.86. The summed E-state index contributed by atoms with van der Waals surface area (Å²) in [6, 6.07) is 12.4. The largest absolute Gasteiger partial charge is 0.128 e. The number of fused-ring (bicyclic) bond motifs is 1. The fraction of sp³-hybridized carbons (Fsp3) is 0.0769. The Kier molecular flexibility index (Phi) is 2.47. The highest BCUT2D eigenvalue weighted by atomic mass is 32.2. The zero-order valence-electron chi connectivity index (χ0n) is 7.95. The van der Waals surface area contributed by atoms with E-state index in [0.29, 0.717) is 0 Å². The van der Waals surface area contributed by atoms with E-state index in [9.17, 15) is 0 Å². The van der Waals surface area contributed by atoms with E-state index < -0.39 is 0 Å². The van der Waals surface area contributed by atoms with Crippen LogP contribution in [0.3, 0.4) is 0 Å². The topological polar surface area (TPSA) is 0 Å². The van der Waals surface area contributed by atoms with Crippen LogP contribution in [0, 0.1) is 12.3 Å². The predicted octanol–water partition coefficient (Wildman–Crippen LogP) is 3.54. The third-order valence-electron chi connectivity index (χ3n) is 2.26. The van der Waals surface area contributed by atoms with Crippen LogP contribution in [0.2, 0.25) is 0 Å². The lowest BCUT2D eigenvalue weighted by atomic mass is 10.1. The molecule has 0 spiro atoms. The van der Waals surface area contributed by atoms with Crippen molar-refractivity contribution in [2.45, 2.75) is 4.90 Å². The van der Waals surface area contributed by atoms with E-state index in [0.717, 1.165) is 5.56 Å². The Hall–Kier alpha value is -1.39. The van der Waals surface area contributed by atoms with Crippen LogP contribution in [-0.2, 0) is 0 Å². The molecule has 0 amide bonds. The van der Waals surface area contributed by atoms with Crippen molar-refractivity contribution in [2.75, 3.05) is 6.26 Å². The Labute approximate surface area is 88.3 Å². The molecule has 68 valence electrons. The Morgan fingerprint density at radius 2 is 1.93 bits per heavy atom. The van der Waals surface area contributed by atoms with Gasteiger partial charge in [0.15, 0.2) is 0 Å². The zero-order chi connectivity index (χ0) is 9.97. The maximum atomic E-state index is 5.53. The molecule has 0 atom stereocenters. The van der Waals surface area contributed by atoms with Gasteiger partial charge in [0.05, 0.1) is 0 Å². The first kappa shape index (κ1) is 9.18. The molecule has 0 radical (unpaired) electrons. The molecule has 0 aliphatic carbocycles. The first-order valence-corrected chi connectivity index (χ1v) is 5.61. The van der Waals surface area contributed by atoms with Crippen LogP contribution in [-0.4, -0.2) is 6.26 Å². The van der Waals surface area contributed by atoms with Gasteiger partial charge in [-0.3, -0.25) is 0 Å². The van der Waals surface area contributed by atoms with Crippen LogP contribution in [0.25, 0.3) is 10.8 Å².